The third kappa shape index (κ3) is 53.3. The Bertz CT molecular complexity index is 1090. The number of aliphatic hydroxyl groups is 2. The Morgan fingerprint density at radius 2 is 0.746 bits per heavy atom. The fourth-order valence-corrected chi connectivity index (χ4v) is 9.08. The molecule has 0 aromatic heterocycles. The second kappa shape index (κ2) is 56.7. The third-order valence-corrected chi connectivity index (χ3v) is 13.7. The topological polar surface area (TPSA) is 95.9 Å². The second-order valence-electron chi connectivity index (χ2n) is 20.3. The summed E-state index contributed by atoms with van der Waals surface area (Å²) < 4.78 is 5.48. The largest absolute Gasteiger partial charge is 0.466 e. The summed E-state index contributed by atoms with van der Waals surface area (Å²) in [6.07, 6.45) is 70.5. The third-order valence-electron chi connectivity index (χ3n) is 13.7. The van der Waals surface area contributed by atoms with Crippen molar-refractivity contribution in [3.63, 3.8) is 0 Å². The van der Waals surface area contributed by atoms with Gasteiger partial charge in [-0.25, -0.2) is 0 Å². The molecule has 0 saturated carbocycles. The van der Waals surface area contributed by atoms with Crippen molar-refractivity contribution in [1.29, 1.82) is 0 Å². The highest BCUT2D eigenvalue weighted by molar-refractivity contribution is 5.76. The summed E-state index contributed by atoms with van der Waals surface area (Å²) in [5.74, 6) is -0.0616. The molecule has 0 aromatic rings. The average Bonchev–Trinajstić information content (AvgIpc) is 3.33. The molecule has 0 spiro atoms. The number of amides is 1. The molecule has 0 aliphatic rings. The van der Waals surface area contributed by atoms with Crippen LogP contribution in [0, 0.1) is 0 Å². The van der Waals surface area contributed by atoms with E-state index in [1.54, 1.807) is 6.08 Å². The standard InChI is InChI=1S/C61H115NO5/c1-3-5-7-9-11-13-14-15-32-35-39-43-47-51-55-61(66)67-56-52-48-44-40-36-33-30-28-26-24-22-20-18-16-17-19-21-23-25-27-29-31-34-38-42-46-50-54-60(65)62-58(57-63)59(64)53-49-45-41-37-12-10-8-6-4-2/h16-17,20,22,49,53,58-59,63-64H,3-15,18-19,21,23-48,50-52,54-57H2,1-2H3,(H,62,65)/b17-16-,22-20-,53-49+. The SMILES string of the molecule is CCCCCCCCC/C=C/C(O)C(CO)NC(=O)CCCCCCCCCCCCC/C=C\C/C=C\CCCCCCCCCCCOC(=O)CCCCCCCCCCCCCCCC. The highest BCUT2D eigenvalue weighted by Gasteiger charge is 2.18. The molecule has 3 N–H and O–H groups in total. The molecular formula is C61H115NO5. The van der Waals surface area contributed by atoms with Crippen LogP contribution >= 0.6 is 0 Å². The van der Waals surface area contributed by atoms with Gasteiger partial charge in [0.25, 0.3) is 0 Å². The first-order chi connectivity index (χ1) is 33.0. The van der Waals surface area contributed by atoms with Crippen LogP contribution in [0.15, 0.2) is 36.5 Å². The number of carbonyl (C=O) groups excluding carboxylic acids is 2. The number of unbranched alkanes of at least 4 members (excludes halogenated alkanes) is 40. The minimum Gasteiger partial charge on any atom is -0.466 e. The maximum Gasteiger partial charge on any atom is 0.305 e. The summed E-state index contributed by atoms with van der Waals surface area (Å²) in [7, 11) is 0. The van der Waals surface area contributed by atoms with Crippen LogP contribution in [0.4, 0.5) is 0 Å². The van der Waals surface area contributed by atoms with Crippen LogP contribution in [0.5, 0.6) is 0 Å². The van der Waals surface area contributed by atoms with E-state index >= 15 is 0 Å². The second-order valence-corrected chi connectivity index (χ2v) is 20.3. The summed E-state index contributed by atoms with van der Waals surface area (Å²) >= 11 is 0. The molecule has 0 saturated heterocycles. The van der Waals surface area contributed by atoms with E-state index in [1.807, 2.05) is 6.08 Å². The molecule has 67 heavy (non-hydrogen) atoms. The summed E-state index contributed by atoms with van der Waals surface area (Å²) in [5.41, 5.74) is 0. The highest BCUT2D eigenvalue weighted by atomic mass is 16.5. The van der Waals surface area contributed by atoms with Crippen LogP contribution < -0.4 is 5.32 Å². The van der Waals surface area contributed by atoms with Crippen LogP contribution in [0.25, 0.3) is 0 Å². The normalized spacial score (nSPS) is 12.8. The number of esters is 1. The van der Waals surface area contributed by atoms with E-state index in [4.69, 9.17) is 4.74 Å². The van der Waals surface area contributed by atoms with Crippen molar-refractivity contribution in [1.82, 2.24) is 5.32 Å². The Labute approximate surface area is 417 Å². The first-order valence-electron chi connectivity index (χ1n) is 29.8. The Morgan fingerprint density at radius 1 is 0.418 bits per heavy atom. The molecule has 0 radical (unpaired) electrons. The zero-order valence-electron chi connectivity index (χ0n) is 44.9. The van der Waals surface area contributed by atoms with Gasteiger partial charge in [0, 0.05) is 12.8 Å². The van der Waals surface area contributed by atoms with Crippen LogP contribution in [0.3, 0.4) is 0 Å². The van der Waals surface area contributed by atoms with E-state index < -0.39 is 12.1 Å². The molecule has 0 aromatic carbocycles. The zero-order chi connectivity index (χ0) is 48.6. The Kier molecular flexibility index (Phi) is 55.0. The minimum absolute atomic E-state index is 0.0122. The smallest absolute Gasteiger partial charge is 0.305 e. The molecular weight excluding hydrogens is 827 g/mol. The Morgan fingerprint density at radius 3 is 1.13 bits per heavy atom. The molecule has 6 heteroatoms. The predicted molar refractivity (Wildman–Crippen MR) is 292 cm³/mol. The fraction of sp³-hybridized carbons (Fsp3) is 0.869. The number of nitrogens with one attached hydrogen (secondary N) is 1. The number of ether oxygens (including phenoxy) is 1. The summed E-state index contributed by atoms with van der Waals surface area (Å²) in [4.78, 5) is 24.4. The lowest BCUT2D eigenvalue weighted by Crippen LogP contribution is -2.45. The Balaban J connectivity index is 3.40. The number of rotatable bonds is 55. The van der Waals surface area contributed by atoms with E-state index in [0.717, 1.165) is 44.9 Å². The lowest BCUT2D eigenvalue weighted by atomic mass is 10.0. The van der Waals surface area contributed by atoms with Crippen LogP contribution in [-0.2, 0) is 14.3 Å². The number of aliphatic hydroxyl groups excluding tert-OH is 2. The lowest BCUT2D eigenvalue weighted by Gasteiger charge is -2.20. The van der Waals surface area contributed by atoms with Gasteiger partial charge in [-0.2, -0.15) is 0 Å². The summed E-state index contributed by atoms with van der Waals surface area (Å²) in [5, 5.41) is 22.9. The first kappa shape index (κ1) is 65.1. The van der Waals surface area contributed by atoms with Crippen molar-refractivity contribution >= 4 is 11.9 Å². The highest BCUT2D eigenvalue weighted by Crippen LogP contribution is 2.16. The van der Waals surface area contributed by atoms with Crippen molar-refractivity contribution in [2.24, 2.45) is 0 Å². The van der Waals surface area contributed by atoms with Crippen molar-refractivity contribution in [3.8, 4) is 0 Å². The van der Waals surface area contributed by atoms with Crippen molar-refractivity contribution in [3.05, 3.63) is 36.5 Å². The molecule has 2 atom stereocenters. The molecule has 0 aliphatic carbocycles. The fourth-order valence-electron chi connectivity index (χ4n) is 9.08. The molecule has 0 heterocycles. The van der Waals surface area contributed by atoms with Crippen molar-refractivity contribution in [2.45, 2.75) is 328 Å². The van der Waals surface area contributed by atoms with Crippen molar-refractivity contribution in [2.75, 3.05) is 13.2 Å². The predicted octanol–water partition coefficient (Wildman–Crippen LogP) is 18.4. The van der Waals surface area contributed by atoms with Gasteiger partial charge in [-0.1, -0.05) is 275 Å². The molecule has 0 aliphatic heterocycles. The van der Waals surface area contributed by atoms with E-state index in [2.05, 4.69) is 43.5 Å². The molecule has 6 nitrogen and oxygen atoms in total. The number of allylic oxidation sites excluding steroid dienone is 5. The molecule has 0 rings (SSSR count). The van der Waals surface area contributed by atoms with E-state index in [-0.39, 0.29) is 18.5 Å². The van der Waals surface area contributed by atoms with Gasteiger partial charge < -0.3 is 20.3 Å². The van der Waals surface area contributed by atoms with Gasteiger partial charge in [0.2, 0.25) is 5.91 Å². The van der Waals surface area contributed by atoms with Crippen LogP contribution in [0.1, 0.15) is 316 Å². The lowest BCUT2D eigenvalue weighted by molar-refractivity contribution is -0.143. The van der Waals surface area contributed by atoms with Gasteiger partial charge >= 0.3 is 5.97 Å². The molecule has 2 unspecified atom stereocenters. The first-order valence-corrected chi connectivity index (χ1v) is 29.8. The van der Waals surface area contributed by atoms with E-state index in [9.17, 15) is 19.8 Å². The van der Waals surface area contributed by atoms with Gasteiger partial charge in [0.1, 0.15) is 0 Å². The molecule has 394 valence electrons. The summed E-state index contributed by atoms with van der Waals surface area (Å²) in [6.45, 7) is 4.88. The zero-order valence-corrected chi connectivity index (χ0v) is 44.9. The average molecular weight is 943 g/mol. The quantitative estimate of drug-likeness (QED) is 0.0321. The maximum absolute atomic E-state index is 12.4. The van der Waals surface area contributed by atoms with Gasteiger partial charge in [-0.15, -0.1) is 0 Å². The maximum atomic E-state index is 12.4. The van der Waals surface area contributed by atoms with Gasteiger partial charge in [-0.3, -0.25) is 9.59 Å². The molecule has 1 amide bonds. The van der Waals surface area contributed by atoms with Gasteiger partial charge in [0.05, 0.1) is 25.4 Å². The van der Waals surface area contributed by atoms with Crippen LogP contribution in [0.2, 0.25) is 0 Å². The number of hydrogen-bond donors (Lipinski definition) is 3. The van der Waals surface area contributed by atoms with E-state index in [0.29, 0.717) is 19.4 Å². The van der Waals surface area contributed by atoms with Gasteiger partial charge in [-0.05, 0) is 64.2 Å². The monoisotopic (exact) mass is 942 g/mol. The Hall–Kier alpha value is -1.92. The minimum atomic E-state index is -0.844. The van der Waals surface area contributed by atoms with E-state index in [1.165, 1.54) is 244 Å². The van der Waals surface area contributed by atoms with Crippen molar-refractivity contribution < 1.29 is 24.5 Å². The summed E-state index contributed by atoms with van der Waals surface area (Å²) in [6, 6.07) is -0.628. The molecule has 0 bridgehead atoms. The van der Waals surface area contributed by atoms with Gasteiger partial charge in [0.15, 0.2) is 0 Å². The van der Waals surface area contributed by atoms with Crippen LogP contribution in [-0.4, -0.2) is 47.4 Å². The number of hydrogen-bond acceptors (Lipinski definition) is 5. The number of carbonyl (C=O) groups is 2. The molecule has 0 fully saturated rings.